The summed E-state index contributed by atoms with van der Waals surface area (Å²) in [7, 11) is 0. The molecule has 1 saturated carbocycles. The standard InChI is InChI=1S/C8H16O2/c1-4-8(6(9)10)5-7(8,2)3/h6,9-10H,4-5H2,1-3H3. The van der Waals surface area contributed by atoms with Crippen molar-refractivity contribution in [1.82, 2.24) is 0 Å². The van der Waals surface area contributed by atoms with Gasteiger partial charge in [-0.1, -0.05) is 20.8 Å². The summed E-state index contributed by atoms with van der Waals surface area (Å²) in [6.45, 7) is 6.17. The van der Waals surface area contributed by atoms with Crippen LogP contribution in [0.4, 0.5) is 0 Å². The van der Waals surface area contributed by atoms with Crippen molar-refractivity contribution >= 4 is 0 Å². The number of aliphatic hydroxyl groups excluding tert-OH is 1. The Labute approximate surface area is 61.9 Å². The van der Waals surface area contributed by atoms with Crippen molar-refractivity contribution in [3.63, 3.8) is 0 Å². The van der Waals surface area contributed by atoms with E-state index in [1.807, 2.05) is 6.92 Å². The van der Waals surface area contributed by atoms with E-state index < -0.39 is 6.29 Å². The van der Waals surface area contributed by atoms with Crippen LogP contribution in [-0.4, -0.2) is 16.5 Å². The predicted molar refractivity (Wildman–Crippen MR) is 39.3 cm³/mol. The van der Waals surface area contributed by atoms with Crippen molar-refractivity contribution in [1.29, 1.82) is 0 Å². The molecule has 0 heterocycles. The molecular weight excluding hydrogens is 128 g/mol. The van der Waals surface area contributed by atoms with Crippen molar-refractivity contribution in [2.75, 3.05) is 0 Å². The molecule has 0 spiro atoms. The lowest BCUT2D eigenvalue weighted by molar-refractivity contribution is -0.108. The second-order valence-electron chi connectivity index (χ2n) is 3.94. The predicted octanol–water partition coefficient (Wildman–Crippen LogP) is 1.12. The van der Waals surface area contributed by atoms with Gasteiger partial charge in [-0.25, -0.2) is 0 Å². The van der Waals surface area contributed by atoms with E-state index in [-0.39, 0.29) is 10.8 Å². The molecule has 1 aliphatic carbocycles. The minimum Gasteiger partial charge on any atom is -0.368 e. The SMILES string of the molecule is CCC1(C(O)O)CC1(C)C. The molecule has 2 N–H and O–H groups in total. The zero-order chi connectivity index (χ0) is 7.99. The maximum Gasteiger partial charge on any atom is 0.157 e. The average Bonchev–Trinajstić information content (AvgIpc) is 2.35. The zero-order valence-corrected chi connectivity index (χ0v) is 6.89. The summed E-state index contributed by atoms with van der Waals surface area (Å²) in [5.41, 5.74) is -0.0666. The largest absolute Gasteiger partial charge is 0.368 e. The molecule has 0 saturated heterocycles. The van der Waals surface area contributed by atoms with E-state index in [4.69, 9.17) is 10.2 Å². The van der Waals surface area contributed by atoms with Crippen molar-refractivity contribution in [3.8, 4) is 0 Å². The quantitative estimate of drug-likeness (QED) is 0.570. The molecule has 0 radical (unpaired) electrons. The van der Waals surface area contributed by atoms with Gasteiger partial charge in [-0.05, 0) is 18.3 Å². The van der Waals surface area contributed by atoms with Crippen LogP contribution in [0.15, 0.2) is 0 Å². The summed E-state index contributed by atoms with van der Waals surface area (Å²) in [4.78, 5) is 0. The van der Waals surface area contributed by atoms with Crippen molar-refractivity contribution in [2.45, 2.75) is 39.9 Å². The number of hydrogen-bond acceptors (Lipinski definition) is 2. The minimum atomic E-state index is -1.13. The summed E-state index contributed by atoms with van der Waals surface area (Å²) in [5, 5.41) is 18.1. The summed E-state index contributed by atoms with van der Waals surface area (Å²) >= 11 is 0. The Bertz CT molecular complexity index is 140. The van der Waals surface area contributed by atoms with Crippen molar-refractivity contribution in [2.24, 2.45) is 10.8 Å². The van der Waals surface area contributed by atoms with E-state index >= 15 is 0 Å². The van der Waals surface area contributed by atoms with Crippen LogP contribution in [0.25, 0.3) is 0 Å². The fraction of sp³-hybridized carbons (Fsp3) is 1.00. The monoisotopic (exact) mass is 144 g/mol. The summed E-state index contributed by atoms with van der Waals surface area (Å²) in [6, 6.07) is 0. The first-order chi connectivity index (χ1) is 4.46. The van der Waals surface area contributed by atoms with Gasteiger partial charge in [0.25, 0.3) is 0 Å². The molecule has 1 aliphatic rings. The van der Waals surface area contributed by atoms with Crippen LogP contribution in [0.5, 0.6) is 0 Å². The third-order valence-corrected chi connectivity index (χ3v) is 3.11. The smallest absolute Gasteiger partial charge is 0.157 e. The molecule has 2 heteroatoms. The van der Waals surface area contributed by atoms with Crippen LogP contribution in [0.3, 0.4) is 0 Å². The maximum absolute atomic E-state index is 9.03. The first-order valence-corrected chi connectivity index (χ1v) is 3.82. The molecule has 1 rings (SSSR count). The Morgan fingerprint density at radius 3 is 1.80 bits per heavy atom. The van der Waals surface area contributed by atoms with Crippen LogP contribution in [0.2, 0.25) is 0 Å². The topological polar surface area (TPSA) is 40.5 Å². The first-order valence-electron chi connectivity index (χ1n) is 3.82. The average molecular weight is 144 g/mol. The molecule has 2 nitrogen and oxygen atoms in total. The lowest BCUT2D eigenvalue weighted by Crippen LogP contribution is -2.25. The van der Waals surface area contributed by atoms with Gasteiger partial charge < -0.3 is 10.2 Å². The van der Waals surface area contributed by atoms with Gasteiger partial charge in [-0.2, -0.15) is 0 Å². The van der Waals surface area contributed by atoms with Gasteiger partial charge in [0.05, 0.1) is 0 Å². The molecule has 0 amide bonds. The Balaban J connectivity index is 2.68. The maximum atomic E-state index is 9.03. The Morgan fingerprint density at radius 2 is 1.80 bits per heavy atom. The van der Waals surface area contributed by atoms with Gasteiger partial charge >= 0.3 is 0 Å². The highest BCUT2D eigenvalue weighted by Crippen LogP contribution is 2.66. The molecule has 0 aromatic carbocycles. The van der Waals surface area contributed by atoms with E-state index in [0.29, 0.717) is 0 Å². The first kappa shape index (κ1) is 8.02. The van der Waals surface area contributed by atoms with Crippen LogP contribution in [0.1, 0.15) is 33.6 Å². The molecule has 10 heavy (non-hydrogen) atoms. The van der Waals surface area contributed by atoms with Gasteiger partial charge in [0.2, 0.25) is 0 Å². The van der Waals surface area contributed by atoms with E-state index in [9.17, 15) is 0 Å². The molecule has 0 aliphatic heterocycles. The third-order valence-electron chi connectivity index (χ3n) is 3.11. The number of hydrogen-bond donors (Lipinski definition) is 2. The summed E-state index contributed by atoms with van der Waals surface area (Å²) in [6.07, 6.45) is 0.666. The molecular formula is C8H16O2. The zero-order valence-electron chi connectivity index (χ0n) is 6.89. The van der Waals surface area contributed by atoms with E-state index in [1.54, 1.807) is 0 Å². The number of aliphatic hydroxyl groups is 2. The molecule has 0 aromatic heterocycles. The minimum absolute atomic E-state index is 0.135. The highest BCUT2D eigenvalue weighted by atomic mass is 16.5. The second-order valence-corrected chi connectivity index (χ2v) is 3.94. The Hall–Kier alpha value is -0.0800. The van der Waals surface area contributed by atoms with Gasteiger partial charge in [-0.15, -0.1) is 0 Å². The molecule has 60 valence electrons. The van der Waals surface area contributed by atoms with Crippen LogP contribution in [-0.2, 0) is 0 Å². The molecule has 0 bridgehead atoms. The Morgan fingerprint density at radius 1 is 1.40 bits per heavy atom. The molecule has 0 aromatic rings. The van der Waals surface area contributed by atoms with E-state index in [1.165, 1.54) is 0 Å². The lowest BCUT2D eigenvalue weighted by atomic mass is 9.92. The van der Waals surface area contributed by atoms with Gasteiger partial charge in [0, 0.05) is 5.41 Å². The van der Waals surface area contributed by atoms with Crippen molar-refractivity contribution in [3.05, 3.63) is 0 Å². The number of rotatable bonds is 2. The fourth-order valence-electron chi connectivity index (χ4n) is 1.97. The van der Waals surface area contributed by atoms with Crippen molar-refractivity contribution < 1.29 is 10.2 Å². The molecule has 1 fully saturated rings. The Kier molecular flexibility index (Phi) is 1.57. The van der Waals surface area contributed by atoms with Crippen LogP contribution < -0.4 is 0 Å². The second kappa shape index (κ2) is 1.95. The van der Waals surface area contributed by atoms with Gasteiger partial charge in [0.15, 0.2) is 6.29 Å². The van der Waals surface area contributed by atoms with Gasteiger partial charge in [-0.3, -0.25) is 0 Å². The molecule has 1 unspecified atom stereocenters. The summed E-state index contributed by atoms with van der Waals surface area (Å²) in [5.74, 6) is 0. The molecule has 1 atom stereocenters. The van der Waals surface area contributed by atoms with E-state index in [0.717, 1.165) is 12.8 Å². The lowest BCUT2D eigenvalue weighted by Gasteiger charge is -2.20. The third kappa shape index (κ3) is 0.789. The summed E-state index contributed by atoms with van der Waals surface area (Å²) < 4.78 is 0. The fourth-order valence-corrected chi connectivity index (χ4v) is 1.97. The van der Waals surface area contributed by atoms with Gasteiger partial charge in [0.1, 0.15) is 0 Å². The highest BCUT2D eigenvalue weighted by molar-refractivity contribution is 5.09. The van der Waals surface area contributed by atoms with E-state index in [2.05, 4.69) is 13.8 Å². The highest BCUT2D eigenvalue weighted by Gasteiger charge is 2.63. The normalized spacial score (nSPS) is 36.6. The van der Waals surface area contributed by atoms with Crippen LogP contribution in [0, 0.1) is 10.8 Å². The van der Waals surface area contributed by atoms with Crippen LogP contribution >= 0.6 is 0 Å².